The van der Waals surface area contributed by atoms with Crippen molar-refractivity contribution in [1.82, 2.24) is 9.55 Å². The average molecular weight is 311 g/mol. The Kier molecular flexibility index (Phi) is 4.22. The van der Waals surface area contributed by atoms with E-state index in [-0.39, 0.29) is 5.75 Å². The maximum Gasteiger partial charge on any atom is 0.435 e. The van der Waals surface area contributed by atoms with Crippen molar-refractivity contribution in [3.05, 3.63) is 52.3 Å². The van der Waals surface area contributed by atoms with Gasteiger partial charge in [0.05, 0.1) is 12.9 Å². The summed E-state index contributed by atoms with van der Waals surface area (Å²) < 4.78 is 30.2. The first-order valence-corrected chi connectivity index (χ1v) is 7.72. The van der Waals surface area contributed by atoms with Crippen molar-refractivity contribution in [3.8, 4) is 5.75 Å². The first kappa shape index (κ1) is 15.0. The standard InChI is InChI=1S/C12H13N3O5S/c1-20-11-4-2-10(3-5-11)8-21(18,19)9-14-7-6-13-12(14)15(16)17/h2-7H,8-9H2,1H3. The van der Waals surface area contributed by atoms with Crippen LogP contribution in [0.1, 0.15) is 5.56 Å². The molecular formula is C12H13N3O5S. The Labute approximate surface area is 121 Å². The van der Waals surface area contributed by atoms with Gasteiger partial charge in [0, 0.05) is 0 Å². The SMILES string of the molecule is COc1ccc(CS(=O)(=O)Cn2ccnc2[N+](=O)[O-])cc1. The third kappa shape index (κ3) is 3.78. The molecule has 0 aliphatic heterocycles. The molecule has 21 heavy (non-hydrogen) atoms. The Morgan fingerprint density at radius 2 is 2.00 bits per heavy atom. The molecule has 0 N–H and O–H groups in total. The molecule has 8 nitrogen and oxygen atoms in total. The second kappa shape index (κ2) is 5.92. The molecule has 112 valence electrons. The number of methoxy groups -OCH3 is 1. The Morgan fingerprint density at radius 3 is 2.57 bits per heavy atom. The zero-order valence-corrected chi connectivity index (χ0v) is 12.0. The second-order valence-corrected chi connectivity index (χ2v) is 6.35. The van der Waals surface area contributed by atoms with Crippen LogP contribution < -0.4 is 4.74 Å². The van der Waals surface area contributed by atoms with Gasteiger partial charge in [-0.2, -0.15) is 0 Å². The van der Waals surface area contributed by atoms with Gasteiger partial charge < -0.3 is 14.9 Å². The summed E-state index contributed by atoms with van der Waals surface area (Å²) in [5, 5.41) is 10.7. The van der Waals surface area contributed by atoms with E-state index in [1.54, 1.807) is 24.3 Å². The van der Waals surface area contributed by atoms with E-state index in [1.807, 2.05) is 0 Å². The molecule has 0 unspecified atom stereocenters. The molecule has 2 rings (SSSR count). The van der Waals surface area contributed by atoms with Crippen LogP contribution >= 0.6 is 0 Å². The van der Waals surface area contributed by atoms with E-state index in [4.69, 9.17) is 4.74 Å². The van der Waals surface area contributed by atoms with Gasteiger partial charge in [-0.3, -0.25) is 0 Å². The second-order valence-electron chi connectivity index (χ2n) is 4.32. The van der Waals surface area contributed by atoms with Crippen molar-refractivity contribution in [2.75, 3.05) is 7.11 Å². The number of nitrogens with zero attached hydrogens (tertiary/aromatic N) is 3. The topological polar surface area (TPSA) is 104 Å². The van der Waals surface area contributed by atoms with Crippen LogP contribution in [0.2, 0.25) is 0 Å². The van der Waals surface area contributed by atoms with Gasteiger partial charge in [-0.15, -0.1) is 0 Å². The van der Waals surface area contributed by atoms with Crippen LogP contribution in [-0.2, 0) is 21.5 Å². The molecule has 0 saturated heterocycles. The third-order valence-corrected chi connectivity index (χ3v) is 4.18. The zero-order chi connectivity index (χ0) is 15.5. The highest BCUT2D eigenvalue weighted by atomic mass is 32.2. The number of hydrogen-bond acceptors (Lipinski definition) is 6. The fourth-order valence-electron chi connectivity index (χ4n) is 1.81. The predicted molar refractivity (Wildman–Crippen MR) is 74.5 cm³/mol. The quantitative estimate of drug-likeness (QED) is 0.589. The number of imidazole rings is 1. The largest absolute Gasteiger partial charge is 0.497 e. The summed E-state index contributed by atoms with van der Waals surface area (Å²) in [6.45, 7) is 0. The molecule has 0 spiro atoms. The smallest absolute Gasteiger partial charge is 0.435 e. The van der Waals surface area contributed by atoms with Crippen molar-refractivity contribution >= 4 is 15.8 Å². The van der Waals surface area contributed by atoms with Gasteiger partial charge in [0.2, 0.25) is 0 Å². The van der Waals surface area contributed by atoms with Gasteiger partial charge in [-0.25, -0.2) is 13.0 Å². The van der Waals surface area contributed by atoms with Crippen molar-refractivity contribution in [1.29, 1.82) is 0 Å². The molecule has 0 bridgehead atoms. The van der Waals surface area contributed by atoms with Gasteiger partial charge in [0.25, 0.3) is 0 Å². The highest BCUT2D eigenvalue weighted by Gasteiger charge is 2.21. The molecule has 9 heteroatoms. The molecule has 0 atom stereocenters. The van der Waals surface area contributed by atoms with Gasteiger partial charge in [-0.1, -0.05) is 17.1 Å². The molecule has 0 radical (unpaired) electrons. The van der Waals surface area contributed by atoms with Gasteiger partial charge in [0.15, 0.2) is 15.7 Å². The lowest BCUT2D eigenvalue weighted by Crippen LogP contribution is -2.14. The highest BCUT2D eigenvalue weighted by molar-refractivity contribution is 7.89. The fourth-order valence-corrected chi connectivity index (χ4v) is 3.22. The number of aromatic nitrogens is 2. The lowest BCUT2D eigenvalue weighted by Gasteiger charge is -2.05. The lowest BCUT2D eigenvalue weighted by atomic mass is 10.2. The lowest BCUT2D eigenvalue weighted by molar-refractivity contribution is -0.396. The van der Waals surface area contributed by atoms with Crippen LogP contribution in [0.25, 0.3) is 0 Å². The molecule has 0 amide bonds. The fraction of sp³-hybridized carbons (Fsp3) is 0.250. The molecule has 0 aliphatic rings. The first-order chi connectivity index (χ1) is 9.91. The summed E-state index contributed by atoms with van der Waals surface area (Å²) >= 11 is 0. The minimum Gasteiger partial charge on any atom is -0.497 e. The summed E-state index contributed by atoms with van der Waals surface area (Å²) in [7, 11) is -2.04. The average Bonchev–Trinajstić information content (AvgIpc) is 2.86. The van der Waals surface area contributed by atoms with E-state index in [2.05, 4.69) is 4.98 Å². The number of ether oxygens (including phenoxy) is 1. The number of sulfone groups is 1. The van der Waals surface area contributed by atoms with Gasteiger partial charge >= 0.3 is 5.95 Å². The Hall–Kier alpha value is -2.42. The molecule has 0 saturated carbocycles. The molecule has 1 aromatic carbocycles. The van der Waals surface area contributed by atoms with Crippen molar-refractivity contribution < 1.29 is 18.1 Å². The van der Waals surface area contributed by atoms with E-state index in [9.17, 15) is 18.5 Å². The number of rotatable bonds is 6. The predicted octanol–water partition coefficient (Wildman–Crippen LogP) is 1.37. The summed E-state index contributed by atoms with van der Waals surface area (Å²) in [4.78, 5) is 13.5. The van der Waals surface area contributed by atoms with Crippen LogP contribution in [0.5, 0.6) is 5.75 Å². The first-order valence-electron chi connectivity index (χ1n) is 5.90. The van der Waals surface area contributed by atoms with Crippen molar-refractivity contribution in [3.63, 3.8) is 0 Å². The monoisotopic (exact) mass is 311 g/mol. The summed E-state index contributed by atoms with van der Waals surface area (Å²) in [5.41, 5.74) is 0.582. The van der Waals surface area contributed by atoms with E-state index in [0.717, 1.165) is 4.57 Å². The molecular weight excluding hydrogens is 298 g/mol. The van der Waals surface area contributed by atoms with Crippen LogP contribution in [0, 0.1) is 10.1 Å². The van der Waals surface area contributed by atoms with E-state index in [1.165, 1.54) is 19.5 Å². The van der Waals surface area contributed by atoms with Crippen LogP contribution in [0.3, 0.4) is 0 Å². The Morgan fingerprint density at radius 1 is 1.33 bits per heavy atom. The summed E-state index contributed by atoms with van der Waals surface area (Å²) in [6.07, 6.45) is 2.46. The third-order valence-electron chi connectivity index (χ3n) is 2.74. The minimum atomic E-state index is -3.56. The van der Waals surface area contributed by atoms with E-state index >= 15 is 0 Å². The van der Waals surface area contributed by atoms with E-state index < -0.39 is 26.6 Å². The van der Waals surface area contributed by atoms with Crippen LogP contribution in [0.15, 0.2) is 36.7 Å². The Bertz CT molecular complexity index is 737. The molecule has 2 aromatic rings. The number of nitro groups is 1. The molecule has 1 aromatic heterocycles. The normalized spacial score (nSPS) is 11.3. The number of benzene rings is 1. The van der Waals surface area contributed by atoms with E-state index in [0.29, 0.717) is 11.3 Å². The maximum atomic E-state index is 12.1. The van der Waals surface area contributed by atoms with Gasteiger partial charge in [0.1, 0.15) is 18.1 Å². The van der Waals surface area contributed by atoms with Gasteiger partial charge in [-0.05, 0) is 22.6 Å². The maximum absolute atomic E-state index is 12.1. The number of hydrogen-bond donors (Lipinski definition) is 0. The zero-order valence-electron chi connectivity index (χ0n) is 11.2. The minimum absolute atomic E-state index is 0.216. The molecule has 0 fully saturated rings. The van der Waals surface area contributed by atoms with Crippen LogP contribution in [-0.4, -0.2) is 30.0 Å². The summed E-state index contributed by atoms with van der Waals surface area (Å²) in [6, 6.07) is 6.59. The van der Waals surface area contributed by atoms with Crippen LogP contribution in [0.4, 0.5) is 5.95 Å². The van der Waals surface area contributed by atoms with Crippen molar-refractivity contribution in [2.24, 2.45) is 0 Å². The Balaban J connectivity index is 2.14. The van der Waals surface area contributed by atoms with Crippen molar-refractivity contribution in [2.45, 2.75) is 11.6 Å². The molecule has 0 aliphatic carbocycles. The summed E-state index contributed by atoms with van der Waals surface area (Å²) in [5.74, 6) is -0.573. The highest BCUT2D eigenvalue weighted by Crippen LogP contribution is 2.16. The molecule has 1 heterocycles.